The molecular formula is C50H65Br2F2N7O8S4. The maximum absolute atomic E-state index is 13.2. The molecule has 23 heteroatoms. The van der Waals surface area contributed by atoms with Gasteiger partial charge in [0.2, 0.25) is 31.9 Å². The van der Waals surface area contributed by atoms with Gasteiger partial charge < -0.3 is 21.1 Å². The minimum atomic E-state index is -3.79. The number of thioether (sulfide) groups is 2. The summed E-state index contributed by atoms with van der Waals surface area (Å²) in [6, 6.07) is 14.2. The van der Waals surface area contributed by atoms with E-state index in [9.17, 15) is 40.0 Å². The first-order chi connectivity index (χ1) is 34.4. The number of nitrogens with one attached hydrogen (secondary N) is 4. The normalized spacial score (nSPS) is 19.2. The first-order valence-corrected chi connectivity index (χ1v) is 30.6. The van der Waals surface area contributed by atoms with Crippen LogP contribution in [0.2, 0.25) is 0 Å². The van der Waals surface area contributed by atoms with Crippen molar-refractivity contribution in [2.24, 2.45) is 17.6 Å². The molecule has 0 bridgehead atoms. The van der Waals surface area contributed by atoms with Crippen molar-refractivity contribution < 1.29 is 44.7 Å². The van der Waals surface area contributed by atoms with E-state index in [-0.39, 0.29) is 75.2 Å². The van der Waals surface area contributed by atoms with E-state index in [4.69, 9.17) is 10.5 Å². The fourth-order valence-corrected chi connectivity index (χ4v) is 13.8. The minimum absolute atomic E-state index is 0.0606. The number of hydrogen-bond acceptors (Lipinski definition) is 13. The van der Waals surface area contributed by atoms with Crippen LogP contribution in [0.3, 0.4) is 0 Å². The van der Waals surface area contributed by atoms with Gasteiger partial charge in [-0.2, -0.15) is 0 Å². The molecule has 2 aliphatic rings. The summed E-state index contributed by atoms with van der Waals surface area (Å²) >= 11 is 9.69. The Hall–Kier alpha value is -3.55. The molecule has 0 unspecified atom stereocenters. The Balaban J connectivity index is 0.000000276. The average Bonchev–Trinajstić information content (AvgIpc) is 3.33. The Morgan fingerprint density at radius 1 is 0.685 bits per heavy atom. The third-order valence-corrected chi connectivity index (χ3v) is 18.9. The highest BCUT2D eigenvalue weighted by molar-refractivity contribution is 9.10. The summed E-state index contributed by atoms with van der Waals surface area (Å²) < 4.78 is 89.9. The summed E-state index contributed by atoms with van der Waals surface area (Å²) in [6.45, 7) is 9.70. The van der Waals surface area contributed by atoms with Crippen molar-refractivity contribution in [2.45, 2.75) is 148 Å². The molecule has 2 heterocycles. The van der Waals surface area contributed by atoms with Crippen molar-refractivity contribution in [3.05, 3.63) is 105 Å². The molecule has 0 spiro atoms. The van der Waals surface area contributed by atoms with Crippen LogP contribution in [-0.2, 0) is 39.2 Å². The van der Waals surface area contributed by atoms with Crippen molar-refractivity contribution in [3.63, 3.8) is 0 Å². The summed E-state index contributed by atoms with van der Waals surface area (Å²) in [5.74, 6) is -0.0891. The lowest BCUT2D eigenvalue weighted by Gasteiger charge is -2.29. The molecule has 400 valence electrons. The van der Waals surface area contributed by atoms with Crippen LogP contribution < -0.4 is 25.8 Å². The van der Waals surface area contributed by atoms with Crippen LogP contribution in [0.25, 0.3) is 0 Å². The van der Waals surface area contributed by atoms with Gasteiger partial charge in [0.05, 0.1) is 21.0 Å². The second-order valence-electron chi connectivity index (χ2n) is 19.0. The van der Waals surface area contributed by atoms with Crippen LogP contribution in [0.15, 0.2) is 102 Å². The van der Waals surface area contributed by atoms with Gasteiger partial charge in [-0.25, -0.2) is 45.0 Å². The molecule has 73 heavy (non-hydrogen) atoms. The second kappa shape index (κ2) is 28.0. The smallest absolute Gasteiger partial charge is 0.306 e. The number of nitrogens with zero attached hydrogens (tertiary/aromatic N) is 2. The van der Waals surface area contributed by atoms with Gasteiger partial charge in [-0.15, -0.1) is 23.5 Å². The number of carbonyl (C=O) groups is 3. The SMILES string of the molecule is C[C@@H](NC(=O)C1CCC(NS(=O)(=O)c2cnc(SCCCC(=O)OC(C)(C)C)c(Br)c2)CC1)c1ccc(F)cc1.C[C@@H](NC(=O)C1CCC(NS(=O)(=O)c2cnc(SCCN)c(Br)c2)CC1)c1ccc(F)cc1. The van der Waals surface area contributed by atoms with Gasteiger partial charge in [0, 0.05) is 60.8 Å². The molecule has 15 nitrogen and oxygen atoms in total. The zero-order valence-corrected chi connectivity index (χ0v) is 47.9. The maximum Gasteiger partial charge on any atom is 0.306 e. The quantitative estimate of drug-likeness (QED) is 0.0316. The Kier molecular flexibility index (Phi) is 23.1. The Labute approximate surface area is 453 Å². The third kappa shape index (κ3) is 19.5. The Morgan fingerprint density at radius 3 is 1.42 bits per heavy atom. The van der Waals surface area contributed by atoms with E-state index < -0.39 is 25.6 Å². The summed E-state index contributed by atoms with van der Waals surface area (Å²) in [7, 11) is -7.52. The number of esters is 1. The maximum atomic E-state index is 13.2. The Morgan fingerprint density at radius 2 is 1.07 bits per heavy atom. The van der Waals surface area contributed by atoms with Gasteiger partial charge in [0.25, 0.3) is 0 Å². The largest absolute Gasteiger partial charge is 0.460 e. The molecule has 6 rings (SSSR count). The van der Waals surface area contributed by atoms with E-state index >= 15 is 0 Å². The van der Waals surface area contributed by atoms with Crippen molar-refractivity contribution in [1.29, 1.82) is 0 Å². The lowest BCUT2D eigenvalue weighted by molar-refractivity contribution is -0.154. The molecule has 2 saturated carbocycles. The molecule has 2 amide bonds. The van der Waals surface area contributed by atoms with Gasteiger partial charge in [-0.05, 0) is 172 Å². The molecule has 0 aliphatic heterocycles. The number of benzene rings is 2. The van der Waals surface area contributed by atoms with Crippen LogP contribution in [0.5, 0.6) is 0 Å². The number of hydrogen-bond donors (Lipinski definition) is 5. The summed E-state index contributed by atoms with van der Waals surface area (Å²) in [5.41, 5.74) is 6.65. The molecule has 2 aromatic heterocycles. The van der Waals surface area contributed by atoms with Gasteiger partial charge in [0.15, 0.2) is 0 Å². The van der Waals surface area contributed by atoms with E-state index in [0.29, 0.717) is 101 Å². The molecule has 4 aromatic rings. The van der Waals surface area contributed by atoms with Crippen LogP contribution in [0, 0.1) is 23.5 Å². The van der Waals surface area contributed by atoms with E-state index in [1.807, 2.05) is 34.6 Å². The topological polar surface area (TPSA) is 229 Å². The highest BCUT2D eigenvalue weighted by Gasteiger charge is 2.32. The van der Waals surface area contributed by atoms with Crippen LogP contribution in [-0.4, -0.2) is 80.3 Å². The van der Waals surface area contributed by atoms with Gasteiger partial charge >= 0.3 is 5.97 Å². The number of nitrogens with two attached hydrogens (primary N) is 1. The van der Waals surface area contributed by atoms with Crippen molar-refractivity contribution in [2.75, 3.05) is 18.1 Å². The van der Waals surface area contributed by atoms with Crippen LogP contribution in [0.4, 0.5) is 8.78 Å². The number of aromatic nitrogens is 2. The van der Waals surface area contributed by atoms with Gasteiger partial charge in [-0.1, -0.05) is 24.3 Å². The molecule has 0 saturated heterocycles. The lowest BCUT2D eigenvalue weighted by Crippen LogP contribution is -2.41. The minimum Gasteiger partial charge on any atom is -0.460 e. The number of carbonyl (C=O) groups excluding carboxylic acids is 3. The molecule has 2 aliphatic carbocycles. The van der Waals surface area contributed by atoms with Crippen molar-refractivity contribution in [3.8, 4) is 0 Å². The van der Waals surface area contributed by atoms with Gasteiger partial charge in [0.1, 0.15) is 37.1 Å². The van der Waals surface area contributed by atoms with E-state index in [1.54, 1.807) is 30.3 Å². The summed E-state index contributed by atoms with van der Waals surface area (Å²) in [4.78, 5) is 46.0. The fraction of sp³-hybridized carbons (Fsp3) is 0.500. The number of pyridine rings is 2. The van der Waals surface area contributed by atoms with Crippen LogP contribution >= 0.6 is 55.4 Å². The predicted octanol–water partition coefficient (Wildman–Crippen LogP) is 9.66. The standard InChI is InChI=1S/C28H37BrFN3O5S2.C22H28BrFN4O3S2/c1-18(19-7-11-21(30)12-8-19)32-26(35)20-9-13-22(14-10-20)33-40(36,37)23-16-24(29)27(31-17-23)39-15-5-6-25(34)38-28(2,3)4;1-14(15-2-6-17(24)7-3-15)27-21(29)16-4-8-18(9-5-16)28-33(30,31)19-12-20(23)22(26-13-19)32-11-10-25/h7-8,11-12,16-18,20,22,33H,5-6,9-10,13-15H2,1-4H3,(H,32,35);2-3,6-7,12-14,16,18,28H,4-5,8-11,25H2,1H3,(H,27,29)/t18-,20?,22?;14-,16?,18?/m11/s1. The zero-order chi connectivity index (χ0) is 53.5. The molecule has 2 fully saturated rings. The zero-order valence-electron chi connectivity index (χ0n) is 41.5. The highest BCUT2D eigenvalue weighted by Crippen LogP contribution is 2.32. The van der Waals surface area contributed by atoms with Crippen molar-refractivity contribution >= 4 is 93.2 Å². The van der Waals surface area contributed by atoms with Crippen LogP contribution in [0.1, 0.15) is 122 Å². The van der Waals surface area contributed by atoms with E-state index in [2.05, 4.69) is 61.9 Å². The molecule has 2 atom stereocenters. The van der Waals surface area contributed by atoms with E-state index in [1.165, 1.54) is 66.2 Å². The predicted molar refractivity (Wildman–Crippen MR) is 288 cm³/mol. The number of ether oxygens (including phenoxy) is 1. The molecule has 0 radical (unpaired) electrons. The molecule has 6 N–H and O–H groups in total. The number of halogens is 4. The third-order valence-electron chi connectivity index (χ3n) is 12.0. The summed E-state index contributed by atoms with van der Waals surface area (Å²) in [5, 5.41) is 7.30. The highest BCUT2D eigenvalue weighted by atomic mass is 79.9. The average molecular weight is 1220 g/mol. The summed E-state index contributed by atoms with van der Waals surface area (Å²) in [6.07, 6.45) is 8.13. The first kappa shape index (κ1) is 60.3. The monoisotopic (exact) mass is 1220 g/mol. The molecular weight excluding hydrogens is 1150 g/mol. The molecule has 2 aromatic carbocycles. The second-order valence-corrected chi connectivity index (χ2v) is 26.3. The lowest BCUT2D eigenvalue weighted by atomic mass is 9.85. The van der Waals surface area contributed by atoms with Gasteiger partial charge in [-0.3, -0.25) is 14.4 Å². The van der Waals surface area contributed by atoms with E-state index in [0.717, 1.165) is 11.1 Å². The fourth-order valence-electron chi connectivity index (χ4n) is 8.11. The number of rotatable bonds is 20. The first-order valence-electron chi connectivity index (χ1n) is 24.1. The number of sulfonamides is 2. The number of amides is 2. The van der Waals surface area contributed by atoms with Crippen molar-refractivity contribution in [1.82, 2.24) is 30.0 Å². The Bertz CT molecular complexity index is 2710.